The summed E-state index contributed by atoms with van der Waals surface area (Å²) < 4.78 is 0. The smallest absolute Gasteiger partial charge is 0.137 e. The lowest BCUT2D eigenvalue weighted by Gasteiger charge is -2.44. The van der Waals surface area contributed by atoms with Crippen molar-refractivity contribution in [2.75, 3.05) is 0 Å². The van der Waals surface area contributed by atoms with Crippen molar-refractivity contribution in [2.24, 2.45) is 16.7 Å². The topological polar surface area (TPSA) is 17.1 Å². The van der Waals surface area contributed by atoms with Crippen LogP contribution in [-0.4, -0.2) is 5.78 Å². The number of fused-ring (bicyclic) bond motifs is 1. The van der Waals surface area contributed by atoms with Crippen molar-refractivity contribution in [3.8, 4) is 0 Å². The van der Waals surface area contributed by atoms with E-state index in [4.69, 9.17) is 0 Å². The first kappa shape index (κ1) is 12.9. The minimum atomic E-state index is 0.177. The van der Waals surface area contributed by atoms with Gasteiger partial charge in [-0.15, -0.1) is 0 Å². The maximum Gasteiger partial charge on any atom is 0.137 e. The zero-order valence-corrected chi connectivity index (χ0v) is 11.8. The second-order valence-corrected chi connectivity index (χ2v) is 6.41. The largest absolute Gasteiger partial charge is 0.299 e. The molecule has 0 radical (unpaired) electrons. The lowest BCUT2D eigenvalue weighted by atomic mass is 9.59. The lowest BCUT2D eigenvalue weighted by Crippen LogP contribution is -2.39. The molecule has 2 aliphatic carbocycles. The summed E-state index contributed by atoms with van der Waals surface area (Å²) in [6.07, 6.45) is 8.90. The number of rotatable bonds is 3. The second kappa shape index (κ2) is 4.26. The fourth-order valence-electron chi connectivity index (χ4n) is 4.08. The maximum absolute atomic E-state index is 12.1. The summed E-state index contributed by atoms with van der Waals surface area (Å²) in [6.45, 7) is 9.29. The molecule has 2 rings (SSSR count). The van der Waals surface area contributed by atoms with Gasteiger partial charge in [-0.3, -0.25) is 4.79 Å². The highest BCUT2D eigenvalue weighted by molar-refractivity contribution is 5.84. The van der Waals surface area contributed by atoms with Gasteiger partial charge in [0.05, 0.1) is 0 Å². The quantitative estimate of drug-likeness (QED) is 0.656. The van der Waals surface area contributed by atoms with Gasteiger partial charge in [-0.05, 0) is 42.9 Å². The Morgan fingerprint density at radius 3 is 2.65 bits per heavy atom. The molecule has 0 spiro atoms. The zero-order valence-electron chi connectivity index (χ0n) is 11.8. The van der Waals surface area contributed by atoms with Crippen LogP contribution in [0, 0.1) is 16.7 Å². The first-order valence-corrected chi connectivity index (χ1v) is 7.22. The highest BCUT2D eigenvalue weighted by Crippen LogP contribution is 2.57. The monoisotopic (exact) mass is 234 g/mol. The molecule has 0 amide bonds. The van der Waals surface area contributed by atoms with Crippen molar-refractivity contribution in [1.29, 1.82) is 0 Å². The van der Waals surface area contributed by atoms with Crippen LogP contribution in [0.25, 0.3) is 0 Å². The Kier molecular flexibility index (Phi) is 3.22. The Morgan fingerprint density at radius 2 is 2.06 bits per heavy atom. The van der Waals surface area contributed by atoms with Gasteiger partial charge < -0.3 is 0 Å². The van der Waals surface area contributed by atoms with E-state index in [-0.39, 0.29) is 5.41 Å². The van der Waals surface area contributed by atoms with Crippen LogP contribution in [0.2, 0.25) is 0 Å². The number of hydrogen-bond acceptors (Lipinski definition) is 1. The Bertz CT molecular complexity index is 349. The van der Waals surface area contributed by atoms with Gasteiger partial charge in [-0.1, -0.05) is 39.3 Å². The van der Waals surface area contributed by atoms with Crippen LogP contribution >= 0.6 is 0 Å². The molecule has 1 heteroatoms. The summed E-state index contributed by atoms with van der Waals surface area (Å²) in [5.74, 6) is 0.809. The molecule has 0 N–H and O–H groups in total. The number of Topliss-reactive ketones (excluding diaryl/α,β-unsaturated/α-hetero) is 1. The van der Waals surface area contributed by atoms with Crippen LogP contribution in [0.1, 0.15) is 66.2 Å². The standard InChI is InChI=1S/C16H26O/c1-5-15(3,6-2)14-10-9-12-13(17)8-7-11-16(12,14)4/h10,12H,5-9,11H2,1-4H3. The molecule has 0 saturated heterocycles. The Morgan fingerprint density at radius 1 is 1.41 bits per heavy atom. The number of allylic oxidation sites excluding steroid dienone is 2. The van der Waals surface area contributed by atoms with Crippen LogP contribution in [0.3, 0.4) is 0 Å². The molecule has 17 heavy (non-hydrogen) atoms. The molecule has 96 valence electrons. The molecule has 0 heterocycles. The van der Waals surface area contributed by atoms with E-state index < -0.39 is 0 Å². The molecule has 0 bridgehead atoms. The molecular formula is C16H26O. The van der Waals surface area contributed by atoms with Crippen LogP contribution in [0.15, 0.2) is 11.6 Å². The molecule has 2 atom stereocenters. The lowest BCUT2D eigenvalue weighted by molar-refractivity contribution is -0.128. The summed E-state index contributed by atoms with van der Waals surface area (Å²) >= 11 is 0. The van der Waals surface area contributed by atoms with E-state index in [1.807, 2.05) is 0 Å². The first-order valence-electron chi connectivity index (χ1n) is 7.22. The third-order valence-corrected chi connectivity index (χ3v) is 5.66. The minimum Gasteiger partial charge on any atom is -0.299 e. The van der Waals surface area contributed by atoms with Crippen molar-refractivity contribution < 1.29 is 4.79 Å². The summed E-state index contributed by atoms with van der Waals surface area (Å²) in [7, 11) is 0. The van der Waals surface area contributed by atoms with E-state index in [9.17, 15) is 4.79 Å². The van der Waals surface area contributed by atoms with Gasteiger partial charge in [0.25, 0.3) is 0 Å². The Balaban J connectivity index is 2.35. The molecule has 1 nitrogen and oxygen atoms in total. The van der Waals surface area contributed by atoms with Gasteiger partial charge in [0.1, 0.15) is 5.78 Å². The SMILES string of the molecule is CCC(C)(CC)C1=CCC2C(=O)CCCC12C. The molecule has 0 aromatic heterocycles. The third-order valence-electron chi connectivity index (χ3n) is 5.66. The fourth-order valence-corrected chi connectivity index (χ4v) is 4.08. The van der Waals surface area contributed by atoms with Gasteiger partial charge in [0, 0.05) is 12.3 Å². The summed E-state index contributed by atoms with van der Waals surface area (Å²) in [5.41, 5.74) is 2.07. The number of carbonyl (C=O) groups is 1. The molecule has 0 aliphatic heterocycles. The molecule has 1 fully saturated rings. The van der Waals surface area contributed by atoms with Gasteiger partial charge in [-0.25, -0.2) is 0 Å². The molecule has 2 unspecified atom stereocenters. The van der Waals surface area contributed by atoms with E-state index in [0.29, 0.717) is 17.1 Å². The summed E-state index contributed by atoms with van der Waals surface area (Å²) in [4.78, 5) is 12.1. The number of carbonyl (C=O) groups excluding carboxylic acids is 1. The average Bonchev–Trinajstić information content (AvgIpc) is 2.67. The van der Waals surface area contributed by atoms with Crippen molar-refractivity contribution in [3.05, 3.63) is 11.6 Å². The Hall–Kier alpha value is -0.590. The van der Waals surface area contributed by atoms with Crippen molar-refractivity contribution in [1.82, 2.24) is 0 Å². The van der Waals surface area contributed by atoms with E-state index >= 15 is 0 Å². The van der Waals surface area contributed by atoms with E-state index in [1.165, 1.54) is 19.3 Å². The molecule has 1 saturated carbocycles. The van der Waals surface area contributed by atoms with Gasteiger partial charge >= 0.3 is 0 Å². The average molecular weight is 234 g/mol. The van der Waals surface area contributed by atoms with Gasteiger partial charge in [0.15, 0.2) is 0 Å². The molecule has 0 aromatic rings. The van der Waals surface area contributed by atoms with Crippen molar-refractivity contribution in [2.45, 2.75) is 66.2 Å². The van der Waals surface area contributed by atoms with E-state index in [2.05, 4.69) is 33.8 Å². The van der Waals surface area contributed by atoms with Crippen LogP contribution in [0.5, 0.6) is 0 Å². The highest BCUT2D eigenvalue weighted by atomic mass is 16.1. The van der Waals surface area contributed by atoms with Crippen molar-refractivity contribution >= 4 is 5.78 Å². The van der Waals surface area contributed by atoms with E-state index in [1.54, 1.807) is 5.57 Å². The van der Waals surface area contributed by atoms with Crippen LogP contribution in [0.4, 0.5) is 0 Å². The Labute approximate surface area is 106 Å². The van der Waals surface area contributed by atoms with Crippen LogP contribution in [-0.2, 0) is 4.79 Å². The predicted molar refractivity (Wildman–Crippen MR) is 71.8 cm³/mol. The predicted octanol–water partition coefficient (Wildman–Crippen LogP) is 4.52. The van der Waals surface area contributed by atoms with Gasteiger partial charge in [0.2, 0.25) is 0 Å². The second-order valence-electron chi connectivity index (χ2n) is 6.41. The van der Waals surface area contributed by atoms with Crippen molar-refractivity contribution in [3.63, 3.8) is 0 Å². The maximum atomic E-state index is 12.1. The third kappa shape index (κ3) is 1.78. The molecule has 0 aromatic carbocycles. The van der Waals surface area contributed by atoms with Crippen LogP contribution < -0.4 is 0 Å². The number of hydrogen-bond donors (Lipinski definition) is 0. The summed E-state index contributed by atoms with van der Waals surface area (Å²) in [6, 6.07) is 0. The normalized spacial score (nSPS) is 33.5. The highest BCUT2D eigenvalue weighted by Gasteiger charge is 2.50. The molecule has 2 aliphatic rings. The molecular weight excluding hydrogens is 208 g/mol. The summed E-state index contributed by atoms with van der Waals surface area (Å²) in [5, 5.41) is 0. The number of ketones is 1. The minimum absolute atomic E-state index is 0.177. The zero-order chi connectivity index (χ0) is 12.7. The fraction of sp³-hybridized carbons (Fsp3) is 0.812. The van der Waals surface area contributed by atoms with E-state index in [0.717, 1.165) is 19.3 Å². The first-order chi connectivity index (χ1) is 7.98. The van der Waals surface area contributed by atoms with Gasteiger partial charge in [-0.2, -0.15) is 0 Å².